The van der Waals surface area contributed by atoms with Crippen LogP contribution in [-0.2, 0) is 6.54 Å². The molecule has 3 nitrogen and oxygen atoms in total. The number of thiazole rings is 1. The van der Waals surface area contributed by atoms with E-state index < -0.39 is 0 Å². The lowest BCUT2D eigenvalue weighted by Crippen LogP contribution is -2.10. The van der Waals surface area contributed by atoms with Crippen molar-refractivity contribution in [3.63, 3.8) is 0 Å². The molecule has 14 heavy (non-hydrogen) atoms. The Hall–Kier alpha value is -0.590. The molecular formula is C8H9N3S3. The van der Waals surface area contributed by atoms with E-state index in [4.69, 9.17) is 12.2 Å². The number of hydrogen-bond donors (Lipinski definition) is 2. The van der Waals surface area contributed by atoms with Gasteiger partial charge in [0.15, 0.2) is 3.95 Å². The number of nitrogens with one attached hydrogen (secondary N) is 1. The van der Waals surface area contributed by atoms with Crippen molar-refractivity contribution in [1.82, 2.24) is 4.57 Å². The van der Waals surface area contributed by atoms with Gasteiger partial charge in [-0.2, -0.15) is 0 Å². The number of allylic oxidation sites excluding steroid dienone is 1. The van der Waals surface area contributed by atoms with Crippen LogP contribution in [0.1, 0.15) is 10.3 Å². The van der Waals surface area contributed by atoms with Crippen molar-refractivity contribution in [2.75, 3.05) is 5.32 Å². The molecular weight excluding hydrogens is 234 g/mol. The van der Waals surface area contributed by atoms with Crippen LogP contribution >= 0.6 is 36.2 Å². The SMILES string of the molecule is C=CCn1c2c(sc1=S)C(S)N=CN2. The van der Waals surface area contributed by atoms with Crippen molar-refractivity contribution in [3.05, 3.63) is 21.5 Å². The molecule has 1 aliphatic heterocycles. The highest BCUT2D eigenvalue weighted by Gasteiger charge is 2.19. The average molecular weight is 243 g/mol. The van der Waals surface area contributed by atoms with Crippen LogP contribution < -0.4 is 5.32 Å². The predicted molar refractivity (Wildman–Crippen MR) is 67.2 cm³/mol. The normalized spacial score (nSPS) is 18.8. The van der Waals surface area contributed by atoms with Crippen LogP contribution in [0.2, 0.25) is 0 Å². The van der Waals surface area contributed by atoms with Crippen LogP contribution in [0.4, 0.5) is 5.82 Å². The Labute approximate surface area is 96.6 Å². The van der Waals surface area contributed by atoms with Crippen LogP contribution in [0, 0.1) is 3.95 Å². The first kappa shape index (κ1) is 9.95. The first-order valence-electron chi connectivity index (χ1n) is 4.04. The molecule has 0 saturated heterocycles. The van der Waals surface area contributed by atoms with Crippen molar-refractivity contribution in [2.45, 2.75) is 11.9 Å². The van der Waals surface area contributed by atoms with Crippen LogP contribution in [-0.4, -0.2) is 10.9 Å². The summed E-state index contributed by atoms with van der Waals surface area (Å²) < 4.78 is 2.82. The summed E-state index contributed by atoms with van der Waals surface area (Å²) in [6, 6.07) is 0. The predicted octanol–water partition coefficient (Wildman–Crippen LogP) is 2.85. The number of hydrogen-bond acceptors (Lipinski definition) is 5. The van der Waals surface area contributed by atoms with Gasteiger partial charge >= 0.3 is 0 Å². The Morgan fingerprint density at radius 1 is 1.86 bits per heavy atom. The first-order chi connectivity index (χ1) is 6.74. The molecule has 0 bridgehead atoms. The second kappa shape index (κ2) is 3.88. The van der Waals surface area contributed by atoms with E-state index in [1.54, 1.807) is 17.7 Å². The number of rotatable bonds is 2. The maximum absolute atomic E-state index is 5.24. The van der Waals surface area contributed by atoms with Gasteiger partial charge in [0, 0.05) is 6.54 Å². The second-order valence-electron chi connectivity index (χ2n) is 2.78. The molecule has 1 atom stereocenters. The van der Waals surface area contributed by atoms with Gasteiger partial charge in [-0.1, -0.05) is 6.08 Å². The van der Waals surface area contributed by atoms with E-state index in [0.29, 0.717) is 6.54 Å². The molecule has 1 N–H and O–H groups in total. The Morgan fingerprint density at radius 2 is 2.64 bits per heavy atom. The van der Waals surface area contributed by atoms with Gasteiger partial charge in [-0.15, -0.1) is 30.5 Å². The zero-order valence-electron chi connectivity index (χ0n) is 7.30. The minimum atomic E-state index is -0.0935. The molecule has 0 fully saturated rings. The maximum atomic E-state index is 5.24. The van der Waals surface area contributed by atoms with Crippen LogP contribution in [0.5, 0.6) is 0 Å². The number of fused-ring (bicyclic) bond motifs is 1. The Morgan fingerprint density at radius 3 is 3.36 bits per heavy atom. The fourth-order valence-electron chi connectivity index (χ4n) is 1.28. The number of aliphatic imine (C=N–C) groups is 1. The van der Waals surface area contributed by atoms with Gasteiger partial charge in [0.25, 0.3) is 0 Å². The number of thiol groups is 1. The Balaban J connectivity index is 2.54. The molecule has 2 rings (SSSR count). The molecule has 1 aromatic rings. The summed E-state index contributed by atoms with van der Waals surface area (Å²) in [7, 11) is 0. The van der Waals surface area contributed by atoms with Crippen LogP contribution in [0.25, 0.3) is 0 Å². The van der Waals surface area contributed by atoms with Crippen molar-refractivity contribution < 1.29 is 0 Å². The van der Waals surface area contributed by atoms with Crippen molar-refractivity contribution in [2.24, 2.45) is 4.99 Å². The van der Waals surface area contributed by atoms with E-state index in [-0.39, 0.29) is 5.37 Å². The summed E-state index contributed by atoms with van der Waals surface area (Å²) in [5.74, 6) is 0.995. The largest absolute Gasteiger partial charge is 0.332 e. The van der Waals surface area contributed by atoms with E-state index in [1.807, 2.05) is 10.6 Å². The number of anilines is 1. The van der Waals surface area contributed by atoms with E-state index in [1.165, 1.54) is 0 Å². The highest BCUT2D eigenvalue weighted by Crippen LogP contribution is 2.36. The fourth-order valence-corrected chi connectivity index (χ4v) is 2.96. The van der Waals surface area contributed by atoms with Gasteiger partial charge in [-0.25, -0.2) is 0 Å². The molecule has 2 heterocycles. The Bertz CT molecular complexity index is 443. The zero-order valence-corrected chi connectivity index (χ0v) is 9.83. The van der Waals surface area contributed by atoms with Crippen LogP contribution in [0.15, 0.2) is 17.6 Å². The molecule has 1 aliphatic rings. The first-order valence-corrected chi connectivity index (χ1v) is 5.79. The molecule has 1 aromatic heterocycles. The highest BCUT2D eigenvalue weighted by atomic mass is 32.1. The summed E-state index contributed by atoms with van der Waals surface area (Å²) in [6.45, 7) is 4.42. The van der Waals surface area contributed by atoms with E-state index in [0.717, 1.165) is 14.6 Å². The van der Waals surface area contributed by atoms with Gasteiger partial charge < -0.3 is 9.88 Å². The third kappa shape index (κ3) is 1.53. The summed E-state index contributed by atoms with van der Waals surface area (Å²) in [5.41, 5.74) is 0. The maximum Gasteiger partial charge on any atom is 0.163 e. The van der Waals surface area contributed by atoms with Crippen molar-refractivity contribution in [3.8, 4) is 0 Å². The molecule has 0 amide bonds. The third-order valence-electron chi connectivity index (χ3n) is 1.88. The summed E-state index contributed by atoms with van der Waals surface area (Å²) in [4.78, 5) is 5.21. The lowest BCUT2D eigenvalue weighted by molar-refractivity contribution is 0.826. The molecule has 1 unspecified atom stereocenters. The Kier molecular flexibility index (Phi) is 2.76. The van der Waals surface area contributed by atoms with Crippen molar-refractivity contribution in [1.29, 1.82) is 0 Å². The summed E-state index contributed by atoms with van der Waals surface area (Å²) >= 11 is 11.1. The van der Waals surface area contributed by atoms with E-state index >= 15 is 0 Å². The number of aromatic nitrogens is 1. The monoisotopic (exact) mass is 243 g/mol. The molecule has 0 radical (unpaired) electrons. The third-order valence-corrected chi connectivity index (χ3v) is 3.95. The molecule has 0 spiro atoms. The second-order valence-corrected chi connectivity index (χ2v) is 4.94. The van der Waals surface area contributed by atoms with Gasteiger partial charge in [0.2, 0.25) is 0 Å². The lowest BCUT2D eigenvalue weighted by Gasteiger charge is -2.14. The van der Waals surface area contributed by atoms with E-state index in [9.17, 15) is 0 Å². The van der Waals surface area contributed by atoms with Gasteiger partial charge in [-0.05, 0) is 12.2 Å². The fraction of sp³-hybridized carbons (Fsp3) is 0.250. The summed E-state index contributed by atoms with van der Waals surface area (Å²) in [6.07, 6.45) is 3.48. The summed E-state index contributed by atoms with van der Waals surface area (Å²) in [5, 5.41) is 2.99. The van der Waals surface area contributed by atoms with Gasteiger partial charge in [-0.3, -0.25) is 4.99 Å². The topological polar surface area (TPSA) is 29.3 Å². The zero-order chi connectivity index (χ0) is 10.1. The van der Waals surface area contributed by atoms with E-state index in [2.05, 4.69) is 29.5 Å². The van der Waals surface area contributed by atoms with Crippen LogP contribution in [0.3, 0.4) is 0 Å². The van der Waals surface area contributed by atoms with Gasteiger partial charge in [0.1, 0.15) is 11.2 Å². The molecule has 0 saturated carbocycles. The number of nitrogens with zero attached hydrogens (tertiary/aromatic N) is 2. The lowest BCUT2D eigenvalue weighted by atomic mass is 10.4. The molecule has 0 aromatic carbocycles. The standard InChI is InChI=1S/C8H9N3S3/c1-2-3-11-6-5(14-8(11)13)7(12)10-4-9-6/h2,4,7,12H,1,3H2,(H,9,10). The molecule has 74 valence electrons. The smallest absolute Gasteiger partial charge is 0.163 e. The molecule has 0 aliphatic carbocycles. The molecule has 6 heteroatoms. The van der Waals surface area contributed by atoms with Gasteiger partial charge in [0.05, 0.1) is 11.2 Å². The minimum Gasteiger partial charge on any atom is -0.332 e. The minimum absolute atomic E-state index is 0.0935. The quantitative estimate of drug-likeness (QED) is 0.475. The highest BCUT2D eigenvalue weighted by molar-refractivity contribution is 7.80. The average Bonchev–Trinajstić information content (AvgIpc) is 2.47. The van der Waals surface area contributed by atoms with Crippen molar-refractivity contribution >= 4 is 48.3 Å².